The molecule has 8 fully saturated rings. The molecule has 0 aromatic heterocycles. The van der Waals surface area contributed by atoms with Crippen molar-refractivity contribution < 1.29 is 37.4 Å². The number of Topliss-reactive ketones (excluding diaryl/α,β-unsaturated/α-hetero) is 3. The van der Waals surface area contributed by atoms with E-state index in [1.54, 1.807) is 0 Å². The molecule has 0 aromatic carbocycles. The molecular weight excluding hydrogens is 506 g/mol. The molecule has 6 nitrogen and oxygen atoms in total. The lowest BCUT2D eigenvalue weighted by molar-refractivity contribution is -0.300. The fraction of sp³-hybridized carbons (Fsp3) is 0.871. The van der Waals surface area contributed by atoms with Crippen molar-refractivity contribution in [2.24, 2.45) is 57.7 Å². The second-order valence-corrected chi connectivity index (χ2v) is 15.2. The highest BCUT2D eigenvalue weighted by molar-refractivity contribution is 5.92. The fourth-order valence-corrected chi connectivity index (χ4v) is 9.52. The number of carbonyl (C=O) groups is 4. The first-order valence-electron chi connectivity index (χ1n) is 15.0. The van der Waals surface area contributed by atoms with Crippen LogP contribution in [0, 0.1) is 57.7 Å². The Kier molecular flexibility index (Phi) is 6.45. The van der Waals surface area contributed by atoms with Crippen LogP contribution >= 0.6 is 0 Å². The molecule has 8 bridgehead atoms. The molecule has 8 heteroatoms. The Morgan fingerprint density at radius 1 is 0.795 bits per heavy atom. The van der Waals surface area contributed by atoms with Crippen molar-refractivity contribution in [1.82, 2.24) is 0 Å². The zero-order valence-electron chi connectivity index (χ0n) is 23.4. The Bertz CT molecular complexity index is 1040. The Morgan fingerprint density at radius 2 is 1.26 bits per heavy atom. The summed E-state index contributed by atoms with van der Waals surface area (Å²) in [7, 11) is 0. The minimum Gasteiger partial charge on any atom is -0.465 e. The third-order valence-electron chi connectivity index (χ3n) is 11.3. The Labute approximate surface area is 229 Å². The number of halogens is 2. The Hall–Kier alpha value is -1.70. The molecule has 5 atom stereocenters. The van der Waals surface area contributed by atoms with Gasteiger partial charge in [0.05, 0.1) is 24.0 Å². The van der Waals surface area contributed by atoms with Crippen LogP contribution < -0.4 is 0 Å². The van der Waals surface area contributed by atoms with Gasteiger partial charge in [0.1, 0.15) is 17.3 Å². The summed E-state index contributed by atoms with van der Waals surface area (Å²) in [4.78, 5) is 52.5. The maximum Gasteiger partial charge on any atom is 0.360 e. The van der Waals surface area contributed by atoms with Gasteiger partial charge in [0, 0.05) is 41.4 Å². The molecule has 8 aliphatic rings. The second kappa shape index (κ2) is 9.15. The normalized spacial score (nSPS) is 41.3. The summed E-state index contributed by atoms with van der Waals surface area (Å²) >= 11 is 0. The lowest BCUT2D eigenvalue weighted by Gasteiger charge is -2.55. The molecule has 39 heavy (non-hydrogen) atoms. The van der Waals surface area contributed by atoms with E-state index >= 15 is 0 Å². The summed E-state index contributed by atoms with van der Waals surface area (Å²) in [5.74, 6) is -0.0106. The average Bonchev–Trinajstić information content (AvgIpc) is 2.85. The van der Waals surface area contributed by atoms with Crippen LogP contribution in [0.5, 0.6) is 0 Å². The van der Waals surface area contributed by atoms with Gasteiger partial charge in [-0.25, -0.2) is 0 Å². The van der Waals surface area contributed by atoms with Crippen LogP contribution in [0.25, 0.3) is 0 Å². The van der Waals surface area contributed by atoms with Crippen molar-refractivity contribution >= 4 is 23.3 Å². The minimum absolute atomic E-state index is 0.00137. The number of alkyl halides is 2. The number of hydrogen-bond donors (Lipinski definition) is 0. The van der Waals surface area contributed by atoms with E-state index in [0.29, 0.717) is 43.3 Å². The molecule has 5 unspecified atom stereocenters. The molecule has 0 saturated heterocycles. The molecular formula is C31H42F2O6. The number of rotatable bonds is 9. The van der Waals surface area contributed by atoms with Crippen LogP contribution in [0.4, 0.5) is 8.78 Å². The summed E-state index contributed by atoms with van der Waals surface area (Å²) in [6.07, 6.45) is 3.64. The highest BCUT2D eigenvalue weighted by Gasteiger charge is 2.60. The monoisotopic (exact) mass is 548 g/mol. The summed E-state index contributed by atoms with van der Waals surface area (Å²) in [6, 6.07) is 0. The Balaban J connectivity index is 1.15. The van der Waals surface area contributed by atoms with Crippen molar-refractivity contribution in [3.05, 3.63) is 0 Å². The topological polar surface area (TPSA) is 86.7 Å². The average molecular weight is 549 g/mol. The molecule has 0 spiro atoms. The van der Waals surface area contributed by atoms with E-state index in [1.165, 1.54) is 20.8 Å². The van der Waals surface area contributed by atoms with E-state index in [9.17, 15) is 28.0 Å². The van der Waals surface area contributed by atoms with E-state index in [2.05, 4.69) is 0 Å². The molecule has 8 rings (SSSR count). The quantitative estimate of drug-likeness (QED) is 0.351. The zero-order chi connectivity index (χ0) is 28.0. The van der Waals surface area contributed by atoms with Crippen molar-refractivity contribution in [3.8, 4) is 0 Å². The van der Waals surface area contributed by atoms with Crippen molar-refractivity contribution in [2.45, 2.75) is 97.5 Å². The largest absolute Gasteiger partial charge is 0.465 e. The Morgan fingerprint density at radius 3 is 1.74 bits per heavy atom. The third kappa shape index (κ3) is 4.61. The van der Waals surface area contributed by atoms with Crippen molar-refractivity contribution in [1.29, 1.82) is 0 Å². The fourth-order valence-electron chi connectivity index (χ4n) is 9.52. The molecule has 0 radical (unpaired) electrons. The summed E-state index contributed by atoms with van der Waals surface area (Å²) in [6.45, 7) is 3.63. The van der Waals surface area contributed by atoms with Crippen molar-refractivity contribution in [2.75, 3.05) is 13.2 Å². The van der Waals surface area contributed by atoms with Gasteiger partial charge in [0.25, 0.3) is 0 Å². The van der Waals surface area contributed by atoms with E-state index in [4.69, 9.17) is 9.47 Å². The van der Waals surface area contributed by atoms with Gasteiger partial charge >= 0.3 is 12.1 Å². The molecule has 0 aromatic rings. The zero-order valence-corrected chi connectivity index (χ0v) is 23.4. The van der Waals surface area contributed by atoms with Gasteiger partial charge in [0.2, 0.25) is 0 Å². The number of ketones is 3. The number of ether oxygens (including phenoxy) is 2. The molecule has 216 valence electrons. The summed E-state index contributed by atoms with van der Waals surface area (Å²) < 4.78 is 40.4. The van der Waals surface area contributed by atoms with Crippen LogP contribution in [0.1, 0.15) is 91.4 Å². The molecule has 0 amide bonds. The van der Waals surface area contributed by atoms with Crippen LogP contribution in [0.15, 0.2) is 0 Å². The van der Waals surface area contributed by atoms with Crippen LogP contribution in [0.3, 0.4) is 0 Å². The van der Waals surface area contributed by atoms with Gasteiger partial charge in [-0.3, -0.25) is 19.2 Å². The van der Waals surface area contributed by atoms with Gasteiger partial charge < -0.3 is 9.47 Å². The molecule has 8 aliphatic carbocycles. The lowest BCUT2D eigenvalue weighted by Crippen LogP contribution is -2.55. The molecule has 0 N–H and O–H groups in total. The predicted molar refractivity (Wildman–Crippen MR) is 136 cm³/mol. The summed E-state index contributed by atoms with van der Waals surface area (Å²) in [5.41, 5.74) is -2.67. The first kappa shape index (κ1) is 27.5. The highest BCUT2D eigenvalue weighted by atomic mass is 19.3. The van der Waals surface area contributed by atoms with Gasteiger partial charge in [-0.15, -0.1) is 0 Å². The van der Waals surface area contributed by atoms with Crippen molar-refractivity contribution in [3.63, 3.8) is 0 Å². The molecule has 8 saturated carbocycles. The maximum absolute atomic E-state index is 14.7. The van der Waals surface area contributed by atoms with Crippen LogP contribution in [0.2, 0.25) is 0 Å². The summed E-state index contributed by atoms with van der Waals surface area (Å²) in [5, 5.41) is 0. The number of carbonyl (C=O) groups excluding carboxylic acids is 4. The third-order valence-corrected chi connectivity index (χ3v) is 11.3. The SMILES string of the molecule is CC(C)(C)C(F)(F)OCC(COC(=O)C12CC3CC(C1)C(=O)C(C3)C2)CC(=O)C12CC3CC(C1)C(=O)C(C3)C2. The maximum atomic E-state index is 14.7. The van der Waals surface area contributed by atoms with Gasteiger partial charge in [-0.1, -0.05) is 20.8 Å². The van der Waals surface area contributed by atoms with E-state index in [0.717, 1.165) is 38.5 Å². The first-order chi connectivity index (χ1) is 18.2. The van der Waals surface area contributed by atoms with E-state index in [-0.39, 0.29) is 54.2 Å². The van der Waals surface area contributed by atoms with Crippen LogP contribution in [-0.4, -0.2) is 42.6 Å². The smallest absolute Gasteiger partial charge is 0.360 e. The van der Waals surface area contributed by atoms with E-state index in [1.807, 2.05) is 0 Å². The van der Waals surface area contributed by atoms with Gasteiger partial charge in [0.15, 0.2) is 0 Å². The highest BCUT2D eigenvalue weighted by Crippen LogP contribution is 2.60. The predicted octanol–water partition coefficient (Wildman–Crippen LogP) is 5.55. The van der Waals surface area contributed by atoms with E-state index < -0.39 is 34.9 Å². The lowest BCUT2D eigenvalue weighted by atomic mass is 9.47. The van der Waals surface area contributed by atoms with Crippen LogP contribution in [-0.2, 0) is 28.7 Å². The first-order valence-corrected chi connectivity index (χ1v) is 15.0. The second-order valence-electron chi connectivity index (χ2n) is 15.2. The standard InChI is InChI=1S/C31H42F2O6/c1-28(2,3)31(32,33)39-16-19(8-24(34)29-9-17-4-20(11-29)25(35)21(5-17)12-29)15-38-27(37)30-10-18-6-22(13-30)26(36)23(7-18)14-30/h17-23H,4-16H2,1-3H3. The molecule has 0 aliphatic heterocycles. The minimum atomic E-state index is -3.41. The number of esters is 1. The van der Waals surface area contributed by atoms with Gasteiger partial charge in [-0.2, -0.15) is 8.78 Å². The molecule has 0 heterocycles. The number of hydrogen-bond acceptors (Lipinski definition) is 6. The van der Waals surface area contributed by atoms with Gasteiger partial charge in [-0.05, 0) is 76.0 Å².